The van der Waals surface area contributed by atoms with Crippen molar-refractivity contribution < 1.29 is 9.00 Å². The topological polar surface area (TPSA) is 71.1 Å². The molecule has 1 heterocycles. The van der Waals surface area contributed by atoms with E-state index in [0.717, 1.165) is 22.9 Å². The highest BCUT2D eigenvalue weighted by molar-refractivity contribution is 7.84. The van der Waals surface area contributed by atoms with Crippen LogP contribution in [0.2, 0.25) is 0 Å². The fourth-order valence-corrected chi connectivity index (χ4v) is 3.14. The molecule has 0 radical (unpaired) electrons. The Hall–Kier alpha value is -1.95. The van der Waals surface area contributed by atoms with Crippen LogP contribution in [0.25, 0.3) is 10.9 Å². The Labute approximate surface area is 133 Å². The summed E-state index contributed by atoms with van der Waals surface area (Å²) in [6.45, 7) is 2.37. The molecule has 0 unspecified atom stereocenters. The molecule has 6 heteroatoms. The first kappa shape index (κ1) is 16.4. The number of amides is 2. The maximum atomic E-state index is 11.8. The van der Waals surface area contributed by atoms with Gasteiger partial charge in [-0.25, -0.2) is 4.79 Å². The average Bonchev–Trinajstić information content (AvgIpc) is 2.46. The first-order valence-corrected chi connectivity index (χ1v) is 8.96. The molecular weight excluding hydrogens is 298 g/mol. The smallest absolute Gasteiger partial charge is 0.315 e. The van der Waals surface area contributed by atoms with E-state index in [1.54, 1.807) is 12.5 Å². The zero-order valence-corrected chi connectivity index (χ0v) is 13.7. The predicted octanol–water partition coefficient (Wildman–Crippen LogP) is 1.84. The van der Waals surface area contributed by atoms with Crippen molar-refractivity contribution in [2.75, 3.05) is 18.6 Å². The van der Waals surface area contributed by atoms with E-state index >= 15 is 0 Å². The van der Waals surface area contributed by atoms with Crippen molar-refractivity contribution in [1.29, 1.82) is 0 Å². The number of urea groups is 1. The van der Waals surface area contributed by atoms with Crippen LogP contribution in [-0.2, 0) is 17.2 Å². The number of carbonyl (C=O) groups is 1. The van der Waals surface area contributed by atoms with E-state index in [1.165, 1.54) is 0 Å². The van der Waals surface area contributed by atoms with Crippen LogP contribution in [0.5, 0.6) is 0 Å². The second-order valence-corrected chi connectivity index (χ2v) is 6.76. The van der Waals surface area contributed by atoms with Crippen LogP contribution < -0.4 is 10.6 Å². The minimum absolute atomic E-state index is 0.106. The lowest BCUT2D eigenvalue weighted by atomic mass is 10.1. The van der Waals surface area contributed by atoms with Crippen LogP contribution >= 0.6 is 0 Å². The Balaban J connectivity index is 1.85. The molecule has 1 aromatic carbocycles. The van der Waals surface area contributed by atoms with Gasteiger partial charge in [0, 0.05) is 47.0 Å². The number of nitrogens with zero attached hydrogens (tertiary/aromatic N) is 1. The largest absolute Gasteiger partial charge is 0.338 e. The maximum absolute atomic E-state index is 11.8. The first-order valence-electron chi connectivity index (χ1n) is 7.23. The van der Waals surface area contributed by atoms with Gasteiger partial charge in [-0.1, -0.05) is 24.3 Å². The lowest BCUT2D eigenvalue weighted by molar-refractivity contribution is 0.239. The molecule has 1 aromatic heterocycles. The third-order valence-corrected chi connectivity index (χ3v) is 4.23. The van der Waals surface area contributed by atoms with Crippen molar-refractivity contribution in [3.05, 3.63) is 42.1 Å². The van der Waals surface area contributed by atoms with Crippen molar-refractivity contribution >= 4 is 27.7 Å². The fourth-order valence-electron chi connectivity index (χ4n) is 2.35. The summed E-state index contributed by atoms with van der Waals surface area (Å²) in [4.78, 5) is 16.1. The molecule has 0 spiro atoms. The van der Waals surface area contributed by atoms with E-state index in [-0.39, 0.29) is 12.1 Å². The van der Waals surface area contributed by atoms with Crippen molar-refractivity contribution in [2.45, 2.75) is 19.4 Å². The van der Waals surface area contributed by atoms with Gasteiger partial charge in [0.15, 0.2) is 0 Å². The molecule has 2 aromatic rings. The number of pyridine rings is 1. The van der Waals surface area contributed by atoms with Crippen LogP contribution in [0.15, 0.2) is 36.5 Å². The summed E-state index contributed by atoms with van der Waals surface area (Å²) in [5, 5.41) is 6.70. The number of hydrogen-bond donors (Lipinski definition) is 2. The lowest BCUT2D eigenvalue weighted by Crippen LogP contribution is -2.43. The molecule has 118 valence electrons. The Morgan fingerprint density at radius 3 is 2.86 bits per heavy atom. The highest BCUT2D eigenvalue weighted by Gasteiger charge is 2.08. The van der Waals surface area contributed by atoms with Crippen molar-refractivity contribution in [3.63, 3.8) is 0 Å². The van der Waals surface area contributed by atoms with Crippen LogP contribution in [0.1, 0.15) is 12.5 Å². The molecule has 0 saturated carbocycles. The van der Waals surface area contributed by atoms with Gasteiger partial charge in [-0.15, -0.1) is 0 Å². The Bertz CT molecular complexity index is 670. The summed E-state index contributed by atoms with van der Waals surface area (Å²) < 4.78 is 11.1. The van der Waals surface area contributed by atoms with Gasteiger partial charge in [0.1, 0.15) is 0 Å². The van der Waals surface area contributed by atoms with Crippen molar-refractivity contribution in [1.82, 2.24) is 15.6 Å². The average molecular weight is 319 g/mol. The van der Waals surface area contributed by atoms with Crippen LogP contribution in [0, 0.1) is 0 Å². The predicted molar refractivity (Wildman–Crippen MR) is 90.4 cm³/mol. The highest BCUT2D eigenvalue weighted by atomic mass is 32.2. The standard InChI is InChI=1S/C16H21N3O2S/c1-12(11-22(2)21)19-16(20)18-10-8-14-6-3-5-13-7-4-9-17-15(13)14/h3-7,9,12H,8,10-11H2,1-2H3,(H2,18,19,20)/t12-,22+/m0/s1. The zero-order chi connectivity index (χ0) is 15.9. The van der Waals surface area contributed by atoms with E-state index in [4.69, 9.17) is 0 Å². The summed E-state index contributed by atoms with van der Waals surface area (Å²) in [5.74, 6) is 0.459. The third-order valence-electron chi connectivity index (χ3n) is 3.26. The number of rotatable bonds is 6. The minimum Gasteiger partial charge on any atom is -0.338 e. The quantitative estimate of drug-likeness (QED) is 0.853. The number of hydrogen-bond acceptors (Lipinski definition) is 3. The molecule has 2 N–H and O–H groups in total. The summed E-state index contributed by atoms with van der Waals surface area (Å²) >= 11 is 0. The fraction of sp³-hybridized carbons (Fsp3) is 0.375. The molecule has 0 saturated heterocycles. The number of carbonyl (C=O) groups excluding carboxylic acids is 1. The zero-order valence-electron chi connectivity index (χ0n) is 12.8. The Morgan fingerprint density at radius 2 is 2.09 bits per heavy atom. The molecular formula is C16H21N3O2S. The molecule has 2 atom stereocenters. The number of fused-ring (bicyclic) bond motifs is 1. The van der Waals surface area contributed by atoms with Gasteiger partial charge < -0.3 is 10.6 Å². The molecule has 5 nitrogen and oxygen atoms in total. The Morgan fingerprint density at radius 1 is 1.32 bits per heavy atom. The first-order chi connectivity index (χ1) is 10.6. The number of para-hydroxylation sites is 1. The van der Waals surface area contributed by atoms with Gasteiger partial charge in [-0.05, 0) is 25.0 Å². The van der Waals surface area contributed by atoms with Gasteiger partial charge in [0.25, 0.3) is 0 Å². The van der Waals surface area contributed by atoms with Gasteiger partial charge in [0.05, 0.1) is 5.52 Å². The molecule has 0 aliphatic rings. The molecule has 2 rings (SSSR count). The van der Waals surface area contributed by atoms with E-state index in [1.807, 2.05) is 37.3 Å². The van der Waals surface area contributed by atoms with E-state index in [2.05, 4.69) is 15.6 Å². The van der Waals surface area contributed by atoms with E-state index in [0.29, 0.717) is 12.3 Å². The van der Waals surface area contributed by atoms with Gasteiger partial charge in [0.2, 0.25) is 0 Å². The molecule has 0 aliphatic heterocycles. The minimum atomic E-state index is -0.914. The maximum Gasteiger partial charge on any atom is 0.315 e. The third kappa shape index (κ3) is 4.80. The number of benzene rings is 1. The molecule has 0 fully saturated rings. The second kappa shape index (κ2) is 7.89. The molecule has 0 aliphatic carbocycles. The summed E-state index contributed by atoms with van der Waals surface area (Å²) in [7, 11) is -0.914. The van der Waals surface area contributed by atoms with Crippen LogP contribution in [0.3, 0.4) is 0 Å². The number of nitrogens with one attached hydrogen (secondary N) is 2. The van der Waals surface area contributed by atoms with Gasteiger partial charge >= 0.3 is 6.03 Å². The van der Waals surface area contributed by atoms with Crippen molar-refractivity contribution in [3.8, 4) is 0 Å². The SMILES string of the molecule is C[C@@H](C[S@@](C)=O)NC(=O)NCCc1cccc2cccnc12. The second-order valence-electron chi connectivity index (χ2n) is 5.28. The highest BCUT2D eigenvalue weighted by Crippen LogP contribution is 2.15. The molecule has 0 bridgehead atoms. The van der Waals surface area contributed by atoms with E-state index in [9.17, 15) is 9.00 Å². The molecule has 22 heavy (non-hydrogen) atoms. The van der Waals surface area contributed by atoms with E-state index < -0.39 is 10.8 Å². The van der Waals surface area contributed by atoms with Crippen LogP contribution in [0.4, 0.5) is 4.79 Å². The summed E-state index contributed by atoms with van der Waals surface area (Å²) in [6, 6.07) is 9.65. The Kier molecular flexibility index (Phi) is 5.89. The normalized spacial score (nSPS) is 13.5. The van der Waals surface area contributed by atoms with Crippen molar-refractivity contribution in [2.24, 2.45) is 0 Å². The summed E-state index contributed by atoms with van der Waals surface area (Å²) in [5.41, 5.74) is 2.09. The number of aromatic nitrogens is 1. The monoisotopic (exact) mass is 319 g/mol. The van der Waals surface area contributed by atoms with Crippen LogP contribution in [-0.4, -0.2) is 39.8 Å². The lowest BCUT2D eigenvalue weighted by Gasteiger charge is -2.13. The van der Waals surface area contributed by atoms with Gasteiger partial charge in [-0.3, -0.25) is 9.19 Å². The summed E-state index contributed by atoms with van der Waals surface area (Å²) in [6.07, 6.45) is 4.12. The molecule has 2 amide bonds. The van der Waals surface area contributed by atoms with Gasteiger partial charge in [-0.2, -0.15) is 0 Å².